The third-order valence-corrected chi connectivity index (χ3v) is 7.97. The van der Waals surface area contributed by atoms with Crippen LogP contribution in [0.25, 0.3) is 22.3 Å². The van der Waals surface area contributed by atoms with E-state index < -0.39 is 12.0 Å². The van der Waals surface area contributed by atoms with E-state index in [-0.39, 0.29) is 23.9 Å². The Morgan fingerprint density at radius 1 is 1.12 bits per heavy atom. The number of ether oxygens (including phenoxy) is 1. The summed E-state index contributed by atoms with van der Waals surface area (Å²) in [5, 5.41) is 13.4. The predicted octanol–water partition coefficient (Wildman–Crippen LogP) is 4.98. The molecule has 2 N–H and O–H groups in total. The van der Waals surface area contributed by atoms with Crippen molar-refractivity contribution in [3.63, 3.8) is 0 Å². The minimum absolute atomic E-state index is 0.0669. The molecule has 0 aliphatic rings. The SMILES string of the molecule is CCN(CC)c1ncc(-c2c(C)nsc2C)c(NC(Cc2ccc(-c3c(OC)ncn(C(C)C)c3=O)cc2)C(=O)O)n1. The van der Waals surface area contributed by atoms with Gasteiger partial charge in [0.2, 0.25) is 11.8 Å². The van der Waals surface area contributed by atoms with Crippen LogP contribution >= 0.6 is 11.5 Å². The van der Waals surface area contributed by atoms with Crippen LogP contribution in [0.1, 0.15) is 49.9 Å². The van der Waals surface area contributed by atoms with Crippen LogP contribution < -0.4 is 20.5 Å². The predicted molar refractivity (Wildman–Crippen MR) is 166 cm³/mol. The average Bonchev–Trinajstić information content (AvgIpc) is 3.30. The highest BCUT2D eigenvalue weighted by molar-refractivity contribution is 7.06. The Labute approximate surface area is 249 Å². The van der Waals surface area contributed by atoms with E-state index in [0.29, 0.717) is 41.5 Å². The monoisotopic (exact) mass is 591 g/mol. The molecule has 0 saturated heterocycles. The molecule has 0 amide bonds. The second-order valence-electron chi connectivity index (χ2n) is 10.2. The highest BCUT2D eigenvalue weighted by Gasteiger charge is 2.24. The molecule has 4 aromatic rings. The third kappa shape index (κ3) is 6.28. The fourth-order valence-corrected chi connectivity index (χ4v) is 5.54. The van der Waals surface area contributed by atoms with Gasteiger partial charge in [0, 0.05) is 47.8 Å². The number of nitrogens with one attached hydrogen (secondary N) is 1. The zero-order chi connectivity index (χ0) is 30.6. The molecule has 4 rings (SSSR count). The first kappa shape index (κ1) is 30.6. The minimum Gasteiger partial charge on any atom is -0.480 e. The number of hydrogen-bond donors (Lipinski definition) is 2. The van der Waals surface area contributed by atoms with Crippen LogP contribution in [0.3, 0.4) is 0 Å². The second kappa shape index (κ2) is 13.1. The average molecular weight is 592 g/mol. The number of methoxy groups -OCH3 is 1. The molecule has 1 atom stereocenters. The first-order valence-electron chi connectivity index (χ1n) is 13.9. The van der Waals surface area contributed by atoms with Gasteiger partial charge < -0.3 is 20.1 Å². The number of carbonyl (C=O) groups is 1. The van der Waals surface area contributed by atoms with E-state index in [0.717, 1.165) is 21.7 Å². The molecule has 3 heterocycles. The number of carboxylic acid groups (broad SMARTS) is 1. The molecule has 222 valence electrons. The summed E-state index contributed by atoms with van der Waals surface area (Å²) in [5.74, 6) is 0.189. The number of aromatic nitrogens is 5. The van der Waals surface area contributed by atoms with Gasteiger partial charge in [-0.05, 0) is 64.2 Å². The molecule has 0 aliphatic heterocycles. The van der Waals surface area contributed by atoms with Gasteiger partial charge in [-0.15, -0.1) is 0 Å². The van der Waals surface area contributed by atoms with Gasteiger partial charge in [0.1, 0.15) is 23.8 Å². The van der Waals surface area contributed by atoms with Gasteiger partial charge in [0.15, 0.2) is 0 Å². The highest BCUT2D eigenvalue weighted by atomic mass is 32.1. The fraction of sp³-hybridized carbons (Fsp3) is 0.400. The van der Waals surface area contributed by atoms with Crippen molar-refractivity contribution in [3.05, 3.63) is 63.3 Å². The molecule has 0 saturated carbocycles. The lowest BCUT2D eigenvalue weighted by Gasteiger charge is -2.22. The van der Waals surface area contributed by atoms with E-state index in [2.05, 4.69) is 19.7 Å². The molecule has 1 unspecified atom stereocenters. The molecule has 1 aromatic carbocycles. The van der Waals surface area contributed by atoms with Crippen molar-refractivity contribution >= 4 is 29.3 Å². The maximum Gasteiger partial charge on any atom is 0.326 e. The van der Waals surface area contributed by atoms with Gasteiger partial charge in [-0.2, -0.15) is 9.36 Å². The van der Waals surface area contributed by atoms with E-state index in [1.165, 1.54) is 25.0 Å². The van der Waals surface area contributed by atoms with Crippen molar-refractivity contribution in [2.45, 2.75) is 60.0 Å². The number of anilines is 2. The first-order valence-corrected chi connectivity index (χ1v) is 14.7. The van der Waals surface area contributed by atoms with Crippen LogP contribution in [-0.4, -0.2) is 61.2 Å². The normalized spacial score (nSPS) is 11.9. The van der Waals surface area contributed by atoms with E-state index in [1.807, 2.05) is 58.6 Å². The van der Waals surface area contributed by atoms with Crippen molar-refractivity contribution in [2.75, 3.05) is 30.4 Å². The van der Waals surface area contributed by atoms with Crippen LogP contribution in [0, 0.1) is 13.8 Å². The van der Waals surface area contributed by atoms with E-state index in [1.54, 1.807) is 22.9 Å². The summed E-state index contributed by atoms with van der Waals surface area (Å²) < 4.78 is 11.4. The van der Waals surface area contributed by atoms with Crippen molar-refractivity contribution in [2.24, 2.45) is 0 Å². The number of benzene rings is 1. The van der Waals surface area contributed by atoms with Gasteiger partial charge in [-0.25, -0.2) is 14.8 Å². The molecule has 3 aromatic heterocycles. The summed E-state index contributed by atoms with van der Waals surface area (Å²) in [4.78, 5) is 42.4. The van der Waals surface area contributed by atoms with E-state index in [4.69, 9.17) is 9.72 Å². The minimum atomic E-state index is -1.02. The molecular formula is C30H37N7O4S. The summed E-state index contributed by atoms with van der Waals surface area (Å²) in [5.41, 5.74) is 4.02. The molecule has 0 radical (unpaired) electrons. The van der Waals surface area contributed by atoms with Crippen LogP contribution in [0.15, 0.2) is 41.6 Å². The number of carboxylic acids is 1. The van der Waals surface area contributed by atoms with Crippen molar-refractivity contribution in [3.8, 4) is 28.1 Å². The molecule has 42 heavy (non-hydrogen) atoms. The summed E-state index contributed by atoms with van der Waals surface area (Å²) in [6.45, 7) is 13.2. The van der Waals surface area contributed by atoms with Crippen LogP contribution in [0.5, 0.6) is 5.88 Å². The molecule has 0 fully saturated rings. The second-order valence-corrected chi connectivity index (χ2v) is 11.2. The van der Waals surface area contributed by atoms with Gasteiger partial charge in [0.25, 0.3) is 5.56 Å². The van der Waals surface area contributed by atoms with E-state index in [9.17, 15) is 14.7 Å². The summed E-state index contributed by atoms with van der Waals surface area (Å²) >= 11 is 1.39. The quantitative estimate of drug-likeness (QED) is 0.232. The molecular weight excluding hydrogens is 554 g/mol. The van der Waals surface area contributed by atoms with Gasteiger partial charge in [-0.3, -0.25) is 9.36 Å². The number of rotatable bonds is 12. The van der Waals surface area contributed by atoms with Crippen LogP contribution in [-0.2, 0) is 11.2 Å². The third-order valence-electron chi connectivity index (χ3n) is 7.13. The smallest absolute Gasteiger partial charge is 0.326 e. The molecule has 0 spiro atoms. The fourth-order valence-electron chi connectivity index (χ4n) is 4.82. The van der Waals surface area contributed by atoms with Gasteiger partial charge in [-0.1, -0.05) is 24.3 Å². The Kier molecular flexibility index (Phi) is 9.56. The zero-order valence-electron chi connectivity index (χ0n) is 25.0. The maximum absolute atomic E-state index is 13.2. The number of nitrogens with zero attached hydrogens (tertiary/aromatic N) is 6. The van der Waals surface area contributed by atoms with Crippen molar-refractivity contribution in [1.29, 1.82) is 0 Å². The lowest BCUT2D eigenvalue weighted by Crippen LogP contribution is -2.33. The zero-order valence-corrected chi connectivity index (χ0v) is 25.8. The molecule has 11 nitrogen and oxygen atoms in total. The summed E-state index contributed by atoms with van der Waals surface area (Å²) in [7, 11) is 1.48. The van der Waals surface area contributed by atoms with Gasteiger partial charge >= 0.3 is 5.97 Å². The van der Waals surface area contributed by atoms with Crippen LogP contribution in [0.2, 0.25) is 0 Å². The molecule has 0 bridgehead atoms. The Morgan fingerprint density at radius 2 is 1.81 bits per heavy atom. The number of aliphatic carboxylic acids is 1. The Balaban J connectivity index is 1.68. The van der Waals surface area contributed by atoms with Crippen molar-refractivity contribution < 1.29 is 14.6 Å². The van der Waals surface area contributed by atoms with Gasteiger partial charge in [0.05, 0.1) is 12.8 Å². The molecule has 12 heteroatoms. The standard InChI is InChI=1S/C30H37N7O4S/c1-8-36(9-2)30-31-15-22(24-18(5)35-42-19(24)6)26(34-30)33-23(29(39)40)14-20-10-12-21(13-11-20)25-27(41-7)32-16-37(17(3)4)28(25)38/h10-13,15-17,23H,8-9,14H2,1-7H3,(H,39,40)(H,31,33,34). The Bertz CT molecular complexity index is 1590. The van der Waals surface area contributed by atoms with Crippen LogP contribution in [0.4, 0.5) is 11.8 Å². The first-order chi connectivity index (χ1) is 20.1. The summed E-state index contributed by atoms with van der Waals surface area (Å²) in [6.07, 6.45) is 3.40. The number of hydrogen-bond acceptors (Lipinski definition) is 10. The highest BCUT2D eigenvalue weighted by Crippen LogP contribution is 2.35. The number of aryl methyl sites for hydroxylation is 2. The Hall–Kier alpha value is -4.32. The topological polar surface area (TPSA) is 135 Å². The van der Waals surface area contributed by atoms with E-state index >= 15 is 0 Å². The largest absolute Gasteiger partial charge is 0.480 e. The van der Waals surface area contributed by atoms with Crippen molar-refractivity contribution in [1.82, 2.24) is 23.9 Å². The molecule has 0 aliphatic carbocycles. The lowest BCUT2D eigenvalue weighted by molar-refractivity contribution is -0.137. The maximum atomic E-state index is 13.2. The lowest BCUT2D eigenvalue weighted by atomic mass is 10.0. The summed E-state index contributed by atoms with van der Waals surface area (Å²) in [6, 6.07) is 6.17. The Morgan fingerprint density at radius 3 is 2.36 bits per heavy atom.